The Morgan fingerprint density at radius 3 is 2.77 bits per heavy atom. The molecule has 26 heavy (non-hydrogen) atoms. The minimum atomic E-state index is -3.56. The van der Waals surface area contributed by atoms with E-state index >= 15 is 0 Å². The third-order valence-corrected chi connectivity index (χ3v) is 5.86. The van der Waals surface area contributed by atoms with Crippen molar-refractivity contribution in [2.75, 3.05) is 11.2 Å². The van der Waals surface area contributed by atoms with E-state index in [0.717, 1.165) is 4.68 Å². The summed E-state index contributed by atoms with van der Waals surface area (Å²) in [5.74, 6) is -0.116. The van der Waals surface area contributed by atoms with Crippen LogP contribution in [0.2, 0.25) is 0 Å². The highest BCUT2D eigenvalue weighted by Gasteiger charge is 2.18. The molecule has 0 saturated heterocycles. The monoisotopic (exact) mass is 433 g/mol. The van der Waals surface area contributed by atoms with E-state index in [1.54, 1.807) is 6.07 Å². The molecule has 132 valence electrons. The highest BCUT2D eigenvalue weighted by molar-refractivity contribution is 9.10. The molecule has 2 heterocycles. The summed E-state index contributed by atoms with van der Waals surface area (Å²) in [4.78, 5) is 20.8. The number of pyridine rings is 1. The van der Waals surface area contributed by atoms with E-state index in [4.69, 9.17) is 5.26 Å². The average Bonchev–Trinajstić information content (AvgIpc) is 2.64. The molecule has 0 amide bonds. The van der Waals surface area contributed by atoms with Gasteiger partial charge < -0.3 is 0 Å². The lowest BCUT2D eigenvalue weighted by atomic mass is 10.2. The van der Waals surface area contributed by atoms with Crippen LogP contribution in [0, 0.1) is 11.3 Å². The van der Waals surface area contributed by atoms with Crippen molar-refractivity contribution in [2.24, 2.45) is 0 Å². The van der Waals surface area contributed by atoms with Crippen molar-refractivity contribution in [1.29, 1.82) is 5.26 Å². The lowest BCUT2D eigenvalue weighted by Gasteiger charge is -2.14. The van der Waals surface area contributed by atoms with Gasteiger partial charge in [-0.25, -0.2) is 23.1 Å². The van der Waals surface area contributed by atoms with Crippen LogP contribution in [0.25, 0.3) is 11.0 Å². The zero-order chi connectivity index (χ0) is 18.9. The van der Waals surface area contributed by atoms with Gasteiger partial charge >= 0.3 is 0 Å². The number of anilines is 1. The number of rotatable bonds is 4. The van der Waals surface area contributed by atoms with Crippen LogP contribution in [0.1, 0.15) is 12.5 Å². The second kappa shape index (κ2) is 6.86. The molecule has 0 bridgehead atoms. The first-order chi connectivity index (χ1) is 12.4. The summed E-state index contributed by atoms with van der Waals surface area (Å²) in [5, 5.41) is 9.34. The number of nitrogens with zero attached hydrogens (tertiary/aromatic N) is 4. The predicted molar refractivity (Wildman–Crippen MR) is 99.4 cm³/mol. The molecule has 0 unspecified atom stereocenters. The number of halogens is 1. The third-order valence-electron chi connectivity index (χ3n) is 3.64. The standard InChI is InChI=1S/C16H12BrN5O3S/c1-2-26(24,25)14-4-3-10(7-18)5-13(14)21-22-9-20-15-12(16(22)23)6-11(17)8-19-15/h3-6,8-9,21H,2H2,1H3. The molecular formula is C16H12BrN5O3S. The van der Waals surface area contributed by atoms with E-state index in [1.165, 1.54) is 37.6 Å². The van der Waals surface area contributed by atoms with E-state index in [1.807, 2.05) is 6.07 Å². The second-order valence-electron chi connectivity index (χ2n) is 5.28. The molecule has 0 fully saturated rings. The maximum Gasteiger partial charge on any atom is 0.281 e. The van der Waals surface area contributed by atoms with Crippen molar-refractivity contribution in [3.63, 3.8) is 0 Å². The van der Waals surface area contributed by atoms with Crippen molar-refractivity contribution in [2.45, 2.75) is 11.8 Å². The minimum absolute atomic E-state index is 0.00151. The Hall–Kier alpha value is -2.77. The molecule has 3 aromatic rings. The van der Waals surface area contributed by atoms with Gasteiger partial charge in [0.25, 0.3) is 5.56 Å². The van der Waals surface area contributed by atoms with E-state index in [2.05, 4.69) is 31.3 Å². The molecular weight excluding hydrogens is 422 g/mol. The van der Waals surface area contributed by atoms with Gasteiger partial charge in [-0.2, -0.15) is 5.26 Å². The Kier molecular flexibility index (Phi) is 4.76. The van der Waals surface area contributed by atoms with Gasteiger partial charge in [-0.05, 0) is 40.2 Å². The maximum absolute atomic E-state index is 12.7. The predicted octanol–water partition coefficient (Wildman–Crippen LogP) is 2.09. The molecule has 0 saturated carbocycles. The fourth-order valence-corrected chi connectivity index (χ4v) is 3.67. The van der Waals surface area contributed by atoms with Crippen LogP contribution in [0.15, 0.2) is 51.0 Å². The van der Waals surface area contributed by atoms with Crippen LogP contribution in [0.4, 0.5) is 5.69 Å². The molecule has 2 aromatic heterocycles. The summed E-state index contributed by atoms with van der Waals surface area (Å²) in [6.07, 6.45) is 2.74. The molecule has 0 aliphatic carbocycles. The summed E-state index contributed by atoms with van der Waals surface area (Å²) >= 11 is 3.25. The molecule has 0 spiro atoms. The Balaban J connectivity index is 2.18. The lowest BCUT2D eigenvalue weighted by Crippen LogP contribution is -2.27. The maximum atomic E-state index is 12.7. The van der Waals surface area contributed by atoms with E-state index in [9.17, 15) is 13.2 Å². The quantitative estimate of drug-likeness (QED) is 0.668. The van der Waals surface area contributed by atoms with E-state index in [-0.39, 0.29) is 32.9 Å². The van der Waals surface area contributed by atoms with Crippen LogP contribution >= 0.6 is 15.9 Å². The highest BCUT2D eigenvalue weighted by Crippen LogP contribution is 2.24. The van der Waals surface area contributed by atoms with E-state index in [0.29, 0.717) is 4.47 Å². The number of hydrogen-bond acceptors (Lipinski definition) is 7. The largest absolute Gasteiger partial charge is 0.289 e. The fourth-order valence-electron chi connectivity index (χ4n) is 2.31. The molecule has 0 atom stereocenters. The molecule has 0 radical (unpaired) electrons. The van der Waals surface area contributed by atoms with Gasteiger partial charge in [0.15, 0.2) is 15.5 Å². The average molecular weight is 434 g/mol. The molecule has 0 aliphatic heterocycles. The van der Waals surface area contributed by atoms with Crippen molar-refractivity contribution in [1.82, 2.24) is 14.6 Å². The van der Waals surface area contributed by atoms with Crippen molar-refractivity contribution >= 4 is 42.5 Å². The number of benzene rings is 1. The number of nitriles is 1. The van der Waals surface area contributed by atoms with Crippen LogP contribution < -0.4 is 11.0 Å². The number of fused-ring (bicyclic) bond motifs is 1. The molecule has 1 N–H and O–H groups in total. The summed E-state index contributed by atoms with van der Waals surface area (Å²) in [6, 6.07) is 7.65. The first-order valence-electron chi connectivity index (χ1n) is 7.42. The fraction of sp³-hybridized carbons (Fsp3) is 0.125. The zero-order valence-electron chi connectivity index (χ0n) is 13.5. The van der Waals surface area contributed by atoms with Gasteiger partial charge in [0, 0.05) is 10.7 Å². The summed E-state index contributed by atoms with van der Waals surface area (Å²) in [7, 11) is -3.56. The number of hydrogen-bond donors (Lipinski definition) is 1. The smallest absolute Gasteiger partial charge is 0.281 e. The van der Waals surface area contributed by atoms with Gasteiger partial charge in [-0.1, -0.05) is 6.92 Å². The summed E-state index contributed by atoms with van der Waals surface area (Å²) in [5.41, 5.74) is 2.93. The molecule has 8 nitrogen and oxygen atoms in total. The van der Waals surface area contributed by atoms with Crippen molar-refractivity contribution in [3.05, 3.63) is 57.2 Å². The summed E-state index contributed by atoms with van der Waals surface area (Å²) in [6.45, 7) is 1.52. The van der Waals surface area contributed by atoms with E-state index < -0.39 is 15.4 Å². The normalized spacial score (nSPS) is 11.3. The first kappa shape index (κ1) is 18.0. The van der Waals surface area contributed by atoms with Crippen LogP contribution in [0.5, 0.6) is 0 Å². The van der Waals surface area contributed by atoms with Gasteiger partial charge in [0.05, 0.1) is 33.4 Å². The zero-order valence-corrected chi connectivity index (χ0v) is 15.9. The number of nitrogens with one attached hydrogen (secondary N) is 1. The van der Waals surface area contributed by atoms with Crippen LogP contribution in [0.3, 0.4) is 0 Å². The third kappa shape index (κ3) is 3.31. The van der Waals surface area contributed by atoms with Gasteiger partial charge in [-0.15, -0.1) is 0 Å². The molecule has 10 heteroatoms. The molecule has 3 rings (SSSR count). The van der Waals surface area contributed by atoms with Gasteiger partial charge in [-0.3, -0.25) is 10.2 Å². The minimum Gasteiger partial charge on any atom is -0.289 e. The topological polar surface area (TPSA) is 118 Å². The number of aromatic nitrogens is 3. The van der Waals surface area contributed by atoms with Crippen molar-refractivity contribution < 1.29 is 8.42 Å². The Labute approximate surface area is 157 Å². The van der Waals surface area contributed by atoms with Crippen LogP contribution in [-0.2, 0) is 9.84 Å². The lowest BCUT2D eigenvalue weighted by molar-refractivity contribution is 0.597. The molecule has 0 aliphatic rings. The van der Waals surface area contributed by atoms with Crippen molar-refractivity contribution in [3.8, 4) is 6.07 Å². The SMILES string of the molecule is CCS(=O)(=O)c1ccc(C#N)cc1Nn1cnc2ncc(Br)cc2c1=O. The Morgan fingerprint density at radius 1 is 1.31 bits per heavy atom. The van der Waals surface area contributed by atoms with Crippen LogP contribution in [-0.4, -0.2) is 28.8 Å². The number of sulfone groups is 1. The van der Waals surface area contributed by atoms with Gasteiger partial charge in [0.1, 0.15) is 6.33 Å². The second-order valence-corrected chi connectivity index (χ2v) is 8.44. The molecule has 1 aromatic carbocycles. The Morgan fingerprint density at radius 2 is 2.08 bits per heavy atom. The Bertz CT molecular complexity index is 1210. The highest BCUT2D eigenvalue weighted by atomic mass is 79.9. The first-order valence-corrected chi connectivity index (χ1v) is 9.87. The van der Waals surface area contributed by atoms with Gasteiger partial charge in [0.2, 0.25) is 0 Å². The summed E-state index contributed by atoms with van der Waals surface area (Å²) < 4.78 is 26.3.